The zero-order chi connectivity index (χ0) is 26.3. The molecule has 0 aromatic heterocycles. The van der Waals surface area contributed by atoms with Crippen LogP contribution in [-0.4, -0.2) is 50.0 Å². The first-order valence-corrected chi connectivity index (χ1v) is 14.8. The monoisotopic (exact) mass is 553 g/mol. The lowest BCUT2D eigenvalue weighted by molar-refractivity contribution is -0.140. The number of carbonyl (C=O) groups excluding carboxylic acids is 2. The third-order valence-electron chi connectivity index (χ3n) is 6.39. The molecule has 1 saturated carbocycles. The Hall–Kier alpha value is -2.29. The van der Waals surface area contributed by atoms with E-state index in [4.69, 9.17) is 23.2 Å². The summed E-state index contributed by atoms with van der Waals surface area (Å²) in [6.45, 7) is 1.52. The highest BCUT2D eigenvalue weighted by atomic mass is 35.5. The van der Waals surface area contributed by atoms with Gasteiger partial charge in [0, 0.05) is 17.6 Å². The molecule has 1 atom stereocenters. The van der Waals surface area contributed by atoms with Crippen LogP contribution in [0.5, 0.6) is 0 Å². The van der Waals surface area contributed by atoms with Gasteiger partial charge in [-0.15, -0.1) is 0 Å². The van der Waals surface area contributed by atoms with E-state index in [1.807, 2.05) is 37.3 Å². The first-order valence-electron chi connectivity index (χ1n) is 12.2. The highest BCUT2D eigenvalue weighted by Crippen LogP contribution is 2.30. The molecule has 0 radical (unpaired) electrons. The van der Waals surface area contributed by atoms with Gasteiger partial charge in [-0.2, -0.15) is 0 Å². The van der Waals surface area contributed by atoms with Gasteiger partial charge in [-0.05, 0) is 43.0 Å². The quantitative estimate of drug-likeness (QED) is 0.447. The van der Waals surface area contributed by atoms with Crippen molar-refractivity contribution in [3.05, 3.63) is 64.1 Å². The smallest absolute Gasteiger partial charge is 0.244 e. The van der Waals surface area contributed by atoms with Crippen molar-refractivity contribution in [2.45, 2.75) is 64.1 Å². The fourth-order valence-electron chi connectivity index (χ4n) is 4.52. The highest BCUT2D eigenvalue weighted by molar-refractivity contribution is 7.92. The van der Waals surface area contributed by atoms with Crippen molar-refractivity contribution in [2.75, 3.05) is 17.1 Å². The molecular weight excluding hydrogens is 521 g/mol. The summed E-state index contributed by atoms with van der Waals surface area (Å²) in [5.41, 5.74) is 0.987. The molecule has 2 aromatic carbocycles. The summed E-state index contributed by atoms with van der Waals surface area (Å²) >= 11 is 12.3. The fraction of sp³-hybridized carbons (Fsp3) is 0.462. The van der Waals surface area contributed by atoms with Gasteiger partial charge in [-0.3, -0.25) is 13.9 Å². The zero-order valence-corrected chi connectivity index (χ0v) is 23.0. The van der Waals surface area contributed by atoms with Gasteiger partial charge in [-0.1, -0.05) is 79.7 Å². The Labute approximate surface area is 223 Å². The van der Waals surface area contributed by atoms with Gasteiger partial charge in [0.05, 0.1) is 17.0 Å². The minimum absolute atomic E-state index is 0.0920. The van der Waals surface area contributed by atoms with Crippen LogP contribution in [0, 0.1) is 0 Å². The predicted octanol–water partition coefficient (Wildman–Crippen LogP) is 5.02. The maximum Gasteiger partial charge on any atom is 0.244 e. The molecule has 36 heavy (non-hydrogen) atoms. The molecule has 0 unspecified atom stereocenters. The Morgan fingerprint density at radius 1 is 1.06 bits per heavy atom. The third-order valence-corrected chi connectivity index (χ3v) is 8.06. The van der Waals surface area contributed by atoms with Crippen LogP contribution >= 0.6 is 23.2 Å². The molecule has 0 heterocycles. The average molecular weight is 555 g/mol. The lowest BCUT2D eigenvalue weighted by Gasteiger charge is -2.34. The molecule has 0 bridgehead atoms. The van der Waals surface area contributed by atoms with Crippen LogP contribution in [0.25, 0.3) is 0 Å². The standard InChI is InChI=1S/C26H33Cl2N3O4S/c1-3-23(26(33)29-21-12-8-5-9-13-21)30(17-19-10-6-4-7-11-19)25(32)18-31(36(2,34)35)24-15-14-20(27)16-22(24)28/h4,6-7,10-11,14-16,21,23H,3,5,8-9,12-13,17-18H2,1-2H3,(H,29,33)/t23-/m1/s1. The number of sulfonamides is 1. The van der Waals surface area contributed by atoms with Gasteiger partial charge in [0.1, 0.15) is 12.6 Å². The van der Waals surface area contributed by atoms with Crippen LogP contribution in [0.4, 0.5) is 5.69 Å². The molecule has 7 nitrogen and oxygen atoms in total. The van der Waals surface area contributed by atoms with Crippen molar-refractivity contribution in [2.24, 2.45) is 0 Å². The Morgan fingerprint density at radius 3 is 2.31 bits per heavy atom. The van der Waals surface area contributed by atoms with Gasteiger partial charge in [-0.25, -0.2) is 8.42 Å². The SMILES string of the molecule is CC[C@H](C(=O)NC1CCCCC1)N(Cc1ccccc1)C(=O)CN(c1ccc(Cl)cc1Cl)S(C)(=O)=O. The summed E-state index contributed by atoms with van der Waals surface area (Å²) < 4.78 is 26.4. The molecule has 0 spiro atoms. The number of benzene rings is 2. The molecule has 0 saturated heterocycles. The number of hydrogen-bond donors (Lipinski definition) is 1. The fourth-order valence-corrected chi connectivity index (χ4v) is 5.94. The number of nitrogens with one attached hydrogen (secondary N) is 1. The number of carbonyl (C=O) groups is 2. The zero-order valence-electron chi connectivity index (χ0n) is 20.6. The van der Waals surface area contributed by atoms with Crippen LogP contribution < -0.4 is 9.62 Å². The molecule has 1 aliphatic rings. The number of nitrogens with zero attached hydrogens (tertiary/aromatic N) is 2. The van der Waals surface area contributed by atoms with Crippen LogP contribution in [-0.2, 0) is 26.2 Å². The Balaban J connectivity index is 1.91. The molecule has 3 rings (SSSR count). The summed E-state index contributed by atoms with van der Waals surface area (Å²) in [4.78, 5) is 28.5. The van der Waals surface area contributed by atoms with Gasteiger partial charge in [0.15, 0.2) is 0 Å². The van der Waals surface area contributed by atoms with E-state index >= 15 is 0 Å². The Bertz CT molecular complexity index is 1160. The van der Waals surface area contributed by atoms with Crippen molar-refractivity contribution in [3.8, 4) is 0 Å². The number of rotatable bonds is 10. The number of amides is 2. The van der Waals surface area contributed by atoms with Crippen LogP contribution in [0.3, 0.4) is 0 Å². The van der Waals surface area contributed by atoms with Gasteiger partial charge < -0.3 is 10.2 Å². The van der Waals surface area contributed by atoms with Gasteiger partial charge in [0.2, 0.25) is 21.8 Å². The third kappa shape index (κ3) is 7.60. The van der Waals surface area contributed by atoms with E-state index in [1.54, 1.807) is 0 Å². The van der Waals surface area contributed by atoms with E-state index in [9.17, 15) is 18.0 Å². The largest absolute Gasteiger partial charge is 0.352 e. The summed E-state index contributed by atoms with van der Waals surface area (Å²) in [5.74, 6) is -0.718. The second-order valence-electron chi connectivity index (χ2n) is 9.14. The van der Waals surface area contributed by atoms with Crippen LogP contribution in [0.15, 0.2) is 48.5 Å². The number of halogens is 2. The molecule has 196 valence electrons. The van der Waals surface area contributed by atoms with Crippen molar-refractivity contribution in [1.82, 2.24) is 10.2 Å². The van der Waals surface area contributed by atoms with Crippen molar-refractivity contribution < 1.29 is 18.0 Å². The summed E-state index contributed by atoms with van der Waals surface area (Å²) in [5, 5.41) is 3.58. The second-order valence-corrected chi connectivity index (χ2v) is 11.9. The topological polar surface area (TPSA) is 86.8 Å². The molecule has 2 amide bonds. The first kappa shape index (κ1) is 28.3. The normalized spacial score (nSPS) is 15.2. The molecule has 1 aliphatic carbocycles. The summed E-state index contributed by atoms with van der Waals surface area (Å²) in [7, 11) is -3.87. The van der Waals surface area contributed by atoms with Crippen molar-refractivity contribution in [1.29, 1.82) is 0 Å². The maximum atomic E-state index is 13.7. The van der Waals surface area contributed by atoms with Crippen molar-refractivity contribution >= 4 is 50.7 Å². The van der Waals surface area contributed by atoms with Crippen LogP contribution in [0.1, 0.15) is 51.0 Å². The minimum atomic E-state index is -3.87. The van der Waals surface area contributed by atoms with E-state index in [-0.39, 0.29) is 29.2 Å². The van der Waals surface area contributed by atoms with Crippen LogP contribution in [0.2, 0.25) is 10.0 Å². The molecule has 10 heteroatoms. The lowest BCUT2D eigenvalue weighted by atomic mass is 9.95. The van der Waals surface area contributed by atoms with Gasteiger partial charge in [0.25, 0.3) is 0 Å². The Kier molecular flexibility index (Phi) is 10.0. The van der Waals surface area contributed by atoms with E-state index in [2.05, 4.69) is 5.32 Å². The van der Waals surface area contributed by atoms with Gasteiger partial charge >= 0.3 is 0 Å². The molecular formula is C26H33Cl2N3O4S. The van der Waals surface area contributed by atoms with Crippen molar-refractivity contribution in [3.63, 3.8) is 0 Å². The summed E-state index contributed by atoms with van der Waals surface area (Å²) in [6, 6.07) is 13.1. The van der Waals surface area contributed by atoms with E-state index in [0.29, 0.717) is 11.4 Å². The second kappa shape index (κ2) is 12.8. The molecule has 0 aliphatic heterocycles. The first-order chi connectivity index (χ1) is 17.1. The maximum absolute atomic E-state index is 13.7. The molecule has 2 aromatic rings. The average Bonchev–Trinajstić information content (AvgIpc) is 2.83. The number of hydrogen-bond acceptors (Lipinski definition) is 4. The summed E-state index contributed by atoms with van der Waals surface area (Å²) in [6.07, 6.45) is 6.55. The lowest BCUT2D eigenvalue weighted by Crippen LogP contribution is -2.54. The number of anilines is 1. The highest BCUT2D eigenvalue weighted by Gasteiger charge is 2.33. The molecule has 1 N–H and O–H groups in total. The molecule has 1 fully saturated rings. The predicted molar refractivity (Wildman–Crippen MR) is 145 cm³/mol. The minimum Gasteiger partial charge on any atom is -0.352 e. The van der Waals surface area contributed by atoms with E-state index in [1.165, 1.54) is 23.1 Å². The van der Waals surface area contributed by atoms with E-state index in [0.717, 1.165) is 48.2 Å². The van der Waals surface area contributed by atoms with E-state index < -0.39 is 28.5 Å². The Morgan fingerprint density at radius 2 is 1.72 bits per heavy atom.